The van der Waals surface area contributed by atoms with Crippen LogP contribution in [0.4, 0.5) is 5.69 Å². The quantitative estimate of drug-likeness (QED) is 0.787. The Morgan fingerprint density at radius 2 is 1.78 bits per heavy atom. The standard InChI is InChI=1S/C16H16N2O4S/c1-21-10-11-22-14-6-8-15(9-7-14)23(19,20)18-16-5-3-2-4-13(16)12-17/h2-9,18H,10-11H2,1H3. The third kappa shape index (κ3) is 4.45. The van der Waals surface area contributed by atoms with Crippen molar-refractivity contribution < 1.29 is 17.9 Å². The van der Waals surface area contributed by atoms with E-state index in [0.717, 1.165) is 0 Å². The molecule has 0 heterocycles. The molecule has 1 N–H and O–H groups in total. The number of anilines is 1. The van der Waals surface area contributed by atoms with Crippen LogP contribution < -0.4 is 9.46 Å². The largest absolute Gasteiger partial charge is 0.491 e. The Morgan fingerprint density at radius 3 is 2.43 bits per heavy atom. The van der Waals surface area contributed by atoms with E-state index in [1.54, 1.807) is 43.5 Å². The van der Waals surface area contributed by atoms with Crippen LogP contribution in [-0.2, 0) is 14.8 Å². The fourth-order valence-electron chi connectivity index (χ4n) is 1.83. The van der Waals surface area contributed by atoms with Gasteiger partial charge in [0.15, 0.2) is 0 Å². The molecule has 2 aromatic rings. The normalized spacial score (nSPS) is 10.8. The van der Waals surface area contributed by atoms with E-state index in [0.29, 0.717) is 19.0 Å². The second-order valence-corrected chi connectivity index (χ2v) is 6.26. The minimum Gasteiger partial charge on any atom is -0.491 e. The first kappa shape index (κ1) is 16.8. The molecule has 0 atom stereocenters. The lowest BCUT2D eigenvalue weighted by atomic mass is 10.2. The summed E-state index contributed by atoms with van der Waals surface area (Å²) in [4.78, 5) is 0.0873. The summed E-state index contributed by atoms with van der Waals surface area (Å²) in [7, 11) is -2.20. The number of hydrogen-bond donors (Lipinski definition) is 1. The molecule has 0 saturated carbocycles. The summed E-state index contributed by atoms with van der Waals surface area (Å²) in [6.45, 7) is 0.836. The number of benzene rings is 2. The van der Waals surface area contributed by atoms with Gasteiger partial charge in [0, 0.05) is 7.11 Å². The van der Waals surface area contributed by atoms with Gasteiger partial charge in [-0.25, -0.2) is 8.42 Å². The van der Waals surface area contributed by atoms with Gasteiger partial charge >= 0.3 is 0 Å². The van der Waals surface area contributed by atoms with Gasteiger partial charge in [-0.05, 0) is 36.4 Å². The predicted molar refractivity (Wildman–Crippen MR) is 85.8 cm³/mol. The molecule has 0 aliphatic rings. The van der Waals surface area contributed by atoms with E-state index < -0.39 is 10.0 Å². The Hall–Kier alpha value is -2.56. The Labute approximate surface area is 135 Å². The van der Waals surface area contributed by atoms with Crippen molar-refractivity contribution in [3.63, 3.8) is 0 Å². The fourth-order valence-corrected chi connectivity index (χ4v) is 2.91. The summed E-state index contributed by atoms with van der Waals surface area (Å²) in [5, 5.41) is 9.01. The molecule has 2 aromatic carbocycles. The summed E-state index contributed by atoms with van der Waals surface area (Å²) >= 11 is 0. The van der Waals surface area contributed by atoms with E-state index >= 15 is 0 Å². The maximum atomic E-state index is 12.4. The fraction of sp³-hybridized carbons (Fsp3) is 0.188. The zero-order valence-corrected chi connectivity index (χ0v) is 13.3. The van der Waals surface area contributed by atoms with Crippen LogP contribution in [0.2, 0.25) is 0 Å². The molecule has 0 radical (unpaired) electrons. The van der Waals surface area contributed by atoms with Crippen molar-refractivity contribution >= 4 is 15.7 Å². The number of hydrogen-bond acceptors (Lipinski definition) is 5. The number of ether oxygens (including phenoxy) is 2. The lowest BCUT2D eigenvalue weighted by Crippen LogP contribution is -2.13. The third-order valence-corrected chi connectivity index (χ3v) is 4.36. The van der Waals surface area contributed by atoms with Gasteiger partial charge in [0.05, 0.1) is 22.8 Å². The zero-order chi connectivity index (χ0) is 16.7. The summed E-state index contributed by atoms with van der Waals surface area (Å²) in [5.41, 5.74) is 0.506. The van der Waals surface area contributed by atoms with Crippen LogP contribution in [0.3, 0.4) is 0 Å². The number of para-hydroxylation sites is 1. The summed E-state index contributed by atoms with van der Waals surface area (Å²) in [6.07, 6.45) is 0. The summed E-state index contributed by atoms with van der Waals surface area (Å²) < 4.78 is 37.4. The number of nitrogens with one attached hydrogen (secondary N) is 1. The highest BCUT2D eigenvalue weighted by Gasteiger charge is 2.15. The number of rotatable bonds is 7. The van der Waals surface area contributed by atoms with Gasteiger partial charge in [-0.15, -0.1) is 0 Å². The second kappa shape index (κ2) is 7.63. The van der Waals surface area contributed by atoms with Crippen molar-refractivity contribution in [1.82, 2.24) is 0 Å². The molecule has 0 fully saturated rings. The molecular formula is C16H16N2O4S. The van der Waals surface area contributed by atoms with Crippen LogP contribution in [0.1, 0.15) is 5.56 Å². The first-order chi connectivity index (χ1) is 11.1. The first-order valence-electron chi connectivity index (χ1n) is 6.80. The Balaban J connectivity index is 2.15. The van der Waals surface area contributed by atoms with Crippen LogP contribution in [0.25, 0.3) is 0 Å². The molecule has 0 aliphatic heterocycles. The molecular weight excluding hydrogens is 316 g/mol. The molecule has 0 spiro atoms. The monoisotopic (exact) mass is 332 g/mol. The van der Waals surface area contributed by atoms with Gasteiger partial charge < -0.3 is 9.47 Å². The van der Waals surface area contributed by atoms with Crippen molar-refractivity contribution in [1.29, 1.82) is 5.26 Å². The first-order valence-corrected chi connectivity index (χ1v) is 8.29. The smallest absolute Gasteiger partial charge is 0.261 e. The van der Waals surface area contributed by atoms with Crippen molar-refractivity contribution in [3.8, 4) is 11.8 Å². The van der Waals surface area contributed by atoms with Gasteiger partial charge in [0.2, 0.25) is 0 Å². The highest BCUT2D eigenvalue weighted by Crippen LogP contribution is 2.21. The van der Waals surface area contributed by atoms with Crippen LogP contribution in [-0.4, -0.2) is 28.7 Å². The maximum absolute atomic E-state index is 12.4. The van der Waals surface area contributed by atoms with E-state index in [1.165, 1.54) is 12.1 Å². The molecule has 6 nitrogen and oxygen atoms in total. The van der Waals surface area contributed by atoms with Crippen LogP contribution in [0.5, 0.6) is 5.75 Å². The lowest BCUT2D eigenvalue weighted by Gasteiger charge is -2.10. The molecule has 0 unspecified atom stereocenters. The molecule has 0 aliphatic carbocycles. The topological polar surface area (TPSA) is 88.4 Å². The molecule has 0 aromatic heterocycles. The van der Waals surface area contributed by atoms with E-state index in [4.69, 9.17) is 14.7 Å². The van der Waals surface area contributed by atoms with Gasteiger partial charge in [0.25, 0.3) is 10.0 Å². The Bertz CT molecular complexity index is 796. The lowest BCUT2D eigenvalue weighted by molar-refractivity contribution is 0.146. The molecule has 120 valence electrons. The highest BCUT2D eigenvalue weighted by molar-refractivity contribution is 7.92. The summed E-state index contributed by atoms with van der Waals surface area (Å²) in [5.74, 6) is 0.554. The Morgan fingerprint density at radius 1 is 1.09 bits per heavy atom. The van der Waals surface area contributed by atoms with Gasteiger partial charge in [0.1, 0.15) is 18.4 Å². The molecule has 2 rings (SSSR count). The van der Waals surface area contributed by atoms with E-state index in [2.05, 4.69) is 4.72 Å². The number of sulfonamides is 1. The van der Waals surface area contributed by atoms with Crippen molar-refractivity contribution in [2.45, 2.75) is 4.90 Å². The Kier molecular flexibility index (Phi) is 5.57. The predicted octanol–water partition coefficient (Wildman–Crippen LogP) is 2.38. The van der Waals surface area contributed by atoms with Crippen LogP contribution in [0.15, 0.2) is 53.4 Å². The zero-order valence-electron chi connectivity index (χ0n) is 12.5. The summed E-state index contributed by atoms with van der Waals surface area (Å²) in [6, 6.07) is 14.4. The van der Waals surface area contributed by atoms with E-state index in [1.807, 2.05) is 6.07 Å². The van der Waals surface area contributed by atoms with Crippen molar-refractivity contribution in [3.05, 3.63) is 54.1 Å². The molecule has 0 saturated heterocycles. The maximum Gasteiger partial charge on any atom is 0.261 e. The second-order valence-electron chi connectivity index (χ2n) is 4.58. The van der Waals surface area contributed by atoms with Gasteiger partial charge in [-0.3, -0.25) is 4.72 Å². The van der Waals surface area contributed by atoms with Crippen molar-refractivity contribution in [2.24, 2.45) is 0 Å². The minimum absolute atomic E-state index is 0.0873. The number of nitrogens with zero attached hydrogens (tertiary/aromatic N) is 1. The highest BCUT2D eigenvalue weighted by atomic mass is 32.2. The SMILES string of the molecule is COCCOc1ccc(S(=O)(=O)Nc2ccccc2C#N)cc1. The van der Waals surface area contributed by atoms with Gasteiger partial charge in [-0.2, -0.15) is 5.26 Å². The van der Waals surface area contributed by atoms with Crippen molar-refractivity contribution in [2.75, 3.05) is 25.0 Å². The third-order valence-electron chi connectivity index (χ3n) is 2.98. The van der Waals surface area contributed by atoms with Crippen LogP contribution >= 0.6 is 0 Å². The number of nitriles is 1. The average Bonchev–Trinajstić information content (AvgIpc) is 2.56. The van der Waals surface area contributed by atoms with Gasteiger partial charge in [-0.1, -0.05) is 12.1 Å². The molecule has 0 bridgehead atoms. The average molecular weight is 332 g/mol. The minimum atomic E-state index is -3.77. The molecule has 7 heteroatoms. The molecule has 23 heavy (non-hydrogen) atoms. The van der Waals surface area contributed by atoms with E-state index in [-0.39, 0.29) is 16.1 Å². The van der Waals surface area contributed by atoms with E-state index in [9.17, 15) is 8.42 Å². The molecule has 0 amide bonds. The number of methoxy groups -OCH3 is 1. The van der Waals surface area contributed by atoms with Crippen LogP contribution in [0, 0.1) is 11.3 Å².